The Morgan fingerprint density at radius 3 is 2.52 bits per heavy atom. The Morgan fingerprint density at radius 2 is 1.76 bits per heavy atom. The summed E-state index contributed by atoms with van der Waals surface area (Å²) in [5, 5.41) is 15.3. The number of aromatic nitrogens is 1. The van der Waals surface area contributed by atoms with Crippen LogP contribution in [-0.2, 0) is 0 Å². The number of fused-ring (bicyclic) bond motifs is 1. The standard InChI is InChI=1S/C25H23N3O5/c1-32-23-13-7-10-17(24(23)33-2)20(19-14-26-21-11-5-3-8-16(19)21)15-27-25(29)18-9-4-6-12-22(18)28(30)31/h3-14,20,26H,15H2,1-2H3,(H,27,29). The van der Waals surface area contributed by atoms with E-state index in [0.29, 0.717) is 11.5 Å². The van der Waals surface area contributed by atoms with Gasteiger partial charge < -0.3 is 19.8 Å². The lowest BCUT2D eigenvalue weighted by atomic mass is 9.89. The first kappa shape index (κ1) is 21.9. The maximum absolute atomic E-state index is 12.9. The number of nitrogens with one attached hydrogen (secondary N) is 2. The molecule has 0 spiro atoms. The minimum Gasteiger partial charge on any atom is -0.493 e. The van der Waals surface area contributed by atoms with Gasteiger partial charge in [0.05, 0.1) is 19.1 Å². The summed E-state index contributed by atoms with van der Waals surface area (Å²) in [6.45, 7) is 0.191. The van der Waals surface area contributed by atoms with Gasteiger partial charge in [-0.3, -0.25) is 14.9 Å². The highest BCUT2D eigenvalue weighted by atomic mass is 16.6. The van der Waals surface area contributed by atoms with Crippen molar-refractivity contribution in [1.82, 2.24) is 10.3 Å². The summed E-state index contributed by atoms with van der Waals surface area (Å²) in [6, 6.07) is 19.4. The molecule has 8 nitrogen and oxygen atoms in total. The fourth-order valence-electron chi connectivity index (χ4n) is 4.07. The van der Waals surface area contributed by atoms with Crippen molar-refractivity contribution in [2.24, 2.45) is 0 Å². The third-order valence-electron chi connectivity index (χ3n) is 5.62. The third-order valence-corrected chi connectivity index (χ3v) is 5.62. The predicted molar refractivity (Wildman–Crippen MR) is 125 cm³/mol. The van der Waals surface area contributed by atoms with E-state index in [1.54, 1.807) is 26.4 Å². The molecule has 0 bridgehead atoms. The number of carbonyl (C=O) groups is 1. The first-order valence-corrected chi connectivity index (χ1v) is 10.3. The monoisotopic (exact) mass is 445 g/mol. The predicted octanol–water partition coefficient (Wildman–Crippen LogP) is 4.66. The van der Waals surface area contributed by atoms with E-state index in [-0.39, 0.29) is 23.7 Å². The van der Waals surface area contributed by atoms with E-state index >= 15 is 0 Å². The van der Waals surface area contributed by atoms with Crippen molar-refractivity contribution in [2.75, 3.05) is 20.8 Å². The normalized spacial score (nSPS) is 11.7. The van der Waals surface area contributed by atoms with E-state index in [1.165, 1.54) is 18.2 Å². The molecule has 2 N–H and O–H groups in total. The number of rotatable bonds is 8. The van der Waals surface area contributed by atoms with Crippen LogP contribution in [0.5, 0.6) is 11.5 Å². The first-order valence-electron chi connectivity index (χ1n) is 10.3. The average molecular weight is 445 g/mol. The Bertz CT molecular complexity index is 1310. The lowest BCUT2D eigenvalue weighted by molar-refractivity contribution is -0.385. The number of hydrogen-bond acceptors (Lipinski definition) is 5. The minimum atomic E-state index is -0.558. The van der Waals surface area contributed by atoms with Crippen molar-refractivity contribution < 1.29 is 19.2 Å². The molecular formula is C25H23N3O5. The molecule has 1 aromatic heterocycles. The van der Waals surface area contributed by atoms with Gasteiger partial charge in [0.1, 0.15) is 5.56 Å². The number of hydrogen-bond donors (Lipinski definition) is 2. The summed E-state index contributed by atoms with van der Waals surface area (Å²) in [7, 11) is 3.14. The lowest BCUT2D eigenvalue weighted by Gasteiger charge is -2.22. The smallest absolute Gasteiger partial charge is 0.282 e. The van der Waals surface area contributed by atoms with E-state index in [0.717, 1.165) is 22.0 Å². The largest absolute Gasteiger partial charge is 0.493 e. The van der Waals surface area contributed by atoms with Crippen molar-refractivity contribution in [3.63, 3.8) is 0 Å². The van der Waals surface area contributed by atoms with E-state index in [4.69, 9.17) is 9.47 Å². The van der Waals surface area contributed by atoms with Crippen molar-refractivity contribution >= 4 is 22.5 Å². The molecule has 0 aliphatic carbocycles. The molecule has 168 valence electrons. The molecule has 1 atom stereocenters. The highest BCUT2D eigenvalue weighted by Crippen LogP contribution is 2.40. The first-order chi connectivity index (χ1) is 16.0. The second-order valence-electron chi connectivity index (χ2n) is 7.41. The molecule has 4 aromatic rings. The van der Waals surface area contributed by atoms with Crippen LogP contribution in [0.4, 0.5) is 5.69 Å². The maximum atomic E-state index is 12.9. The van der Waals surface area contributed by atoms with E-state index < -0.39 is 10.8 Å². The molecule has 0 saturated carbocycles. The molecule has 3 aromatic carbocycles. The summed E-state index contributed by atoms with van der Waals surface area (Å²) < 4.78 is 11.1. The molecule has 4 rings (SSSR count). The molecule has 1 unspecified atom stereocenters. The Kier molecular flexibility index (Phi) is 6.26. The molecule has 8 heteroatoms. The number of nitro groups is 1. The molecule has 0 saturated heterocycles. The minimum absolute atomic E-state index is 0.0118. The third kappa shape index (κ3) is 4.23. The van der Waals surface area contributed by atoms with Gasteiger partial charge in [0.15, 0.2) is 11.5 Å². The van der Waals surface area contributed by atoms with Crippen molar-refractivity contribution in [1.29, 1.82) is 0 Å². The Hall–Kier alpha value is -4.33. The Morgan fingerprint density at radius 1 is 1.00 bits per heavy atom. The zero-order valence-electron chi connectivity index (χ0n) is 18.2. The lowest BCUT2D eigenvalue weighted by Crippen LogP contribution is -2.29. The molecule has 0 aliphatic heterocycles. The SMILES string of the molecule is COc1cccc(C(CNC(=O)c2ccccc2[N+](=O)[O-])c2c[nH]c3ccccc23)c1OC. The number of methoxy groups -OCH3 is 2. The summed E-state index contributed by atoms with van der Waals surface area (Å²) in [5.41, 5.74) is 2.52. The second-order valence-corrected chi connectivity index (χ2v) is 7.41. The van der Waals surface area contributed by atoms with Crippen LogP contribution < -0.4 is 14.8 Å². The number of carbonyl (C=O) groups excluding carboxylic acids is 1. The quantitative estimate of drug-likeness (QED) is 0.303. The number of nitrogens with zero attached hydrogens (tertiary/aromatic N) is 1. The van der Waals surface area contributed by atoms with Gasteiger partial charge in [-0.15, -0.1) is 0 Å². The number of para-hydroxylation sites is 3. The summed E-state index contributed by atoms with van der Waals surface area (Å²) in [4.78, 5) is 27.0. The van der Waals surface area contributed by atoms with E-state index in [2.05, 4.69) is 10.3 Å². The Balaban J connectivity index is 1.75. The second kappa shape index (κ2) is 9.44. The van der Waals surface area contributed by atoms with Gasteiger partial charge >= 0.3 is 0 Å². The molecule has 33 heavy (non-hydrogen) atoms. The van der Waals surface area contributed by atoms with Crippen LogP contribution in [0.1, 0.15) is 27.4 Å². The van der Waals surface area contributed by atoms with Crippen molar-refractivity contribution in [2.45, 2.75) is 5.92 Å². The zero-order valence-corrected chi connectivity index (χ0v) is 18.2. The van der Waals surface area contributed by atoms with Crippen LogP contribution in [0.3, 0.4) is 0 Å². The van der Waals surface area contributed by atoms with Crippen molar-refractivity contribution in [3.05, 3.63) is 99.7 Å². The summed E-state index contributed by atoms with van der Waals surface area (Å²) >= 11 is 0. The fraction of sp³-hybridized carbons (Fsp3) is 0.160. The summed E-state index contributed by atoms with van der Waals surface area (Å²) in [6.07, 6.45) is 1.91. The van der Waals surface area contributed by atoms with Crippen LogP contribution in [0.15, 0.2) is 72.9 Å². The van der Waals surface area contributed by atoms with Gasteiger partial charge in [-0.25, -0.2) is 0 Å². The zero-order chi connectivity index (χ0) is 23.4. The van der Waals surface area contributed by atoms with Crippen LogP contribution in [0.25, 0.3) is 10.9 Å². The number of H-pyrrole nitrogens is 1. The van der Waals surface area contributed by atoms with E-state index in [1.807, 2.05) is 42.6 Å². The van der Waals surface area contributed by atoms with Crippen LogP contribution in [0.2, 0.25) is 0 Å². The van der Waals surface area contributed by atoms with Gasteiger partial charge in [-0.1, -0.05) is 42.5 Å². The molecule has 0 fully saturated rings. The van der Waals surface area contributed by atoms with Crippen LogP contribution in [-0.4, -0.2) is 36.6 Å². The molecule has 1 amide bonds. The number of amides is 1. The van der Waals surface area contributed by atoms with Gasteiger partial charge in [0.2, 0.25) is 0 Å². The van der Waals surface area contributed by atoms with Gasteiger partial charge in [-0.05, 0) is 23.8 Å². The topological polar surface area (TPSA) is 106 Å². The van der Waals surface area contributed by atoms with Gasteiger partial charge in [-0.2, -0.15) is 0 Å². The summed E-state index contributed by atoms with van der Waals surface area (Å²) in [5.74, 6) is 0.312. The molecule has 0 aliphatic rings. The van der Waals surface area contributed by atoms with Crippen LogP contribution in [0, 0.1) is 10.1 Å². The highest BCUT2D eigenvalue weighted by Gasteiger charge is 2.26. The van der Waals surface area contributed by atoms with Gasteiger partial charge in [0.25, 0.3) is 11.6 Å². The van der Waals surface area contributed by atoms with Crippen molar-refractivity contribution in [3.8, 4) is 11.5 Å². The van der Waals surface area contributed by atoms with E-state index in [9.17, 15) is 14.9 Å². The molecule has 1 heterocycles. The fourth-order valence-corrected chi connectivity index (χ4v) is 4.07. The maximum Gasteiger partial charge on any atom is 0.282 e. The average Bonchev–Trinajstić information content (AvgIpc) is 3.27. The Labute approximate surface area is 190 Å². The highest BCUT2D eigenvalue weighted by molar-refractivity contribution is 5.98. The number of nitro benzene ring substituents is 1. The molecular weight excluding hydrogens is 422 g/mol. The number of ether oxygens (including phenoxy) is 2. The molecule has 0 radical (unpaired) electrons. The number of aromatic amines is 1. The number of benzene rings is 3. The van der Waals surface area contributed by atoms with Gasteiger partial charge in [0, 0.05) is 41.2 Å². The van der Waals surface area contributed by atoms with Crippen LogP contribution >= 0.6 is 0 Å².